The lowest BCUT2D eigenvalue weighted by atomic mass is 9.41. The Kier molecular flexibility index (Phi) is 4.17. The number of fused-ring (bicyclic) bond motifs is 5. The van der Waals surface area contributed by atoms with Crippen LogP contribution in [0.4, 0.5) is 0 Å². The highest BCUT2D eigenvalue weighted by molar-refractivity contribution is 5.85. The van der Waals surface area contributed by atoms with Gasteiger partial charge >= 0.3 is 5.97 Å². The molecule has 0 saturated heterocycles. The summed E-state index contributed by atoms with van der Waals surface area (Å²) in [5.74, 6) is 0.0262. The molecule has 0 aromatic rings. The van der Waals surface area contributed by atoms with Crippen molar-refractivity contribution in [1.29, 1.82) is 0 Å². The molecule has 6 heteroatoms. The first-order chi connectivity index (χ1) is 13.5. The Labute approximate surface area is 172 Å². The van der Waals surface area contributed by atoms with Gasteiger partial charge in [0.1, 0.15) is 6.61 Å². The maximum Gasteiger partial charge on any atom is 0.331 e. The number of aliphatic hydroxyl groups excluding tert-OH is 2. The molecule has 4 N–H and O–H groups in total. The third kappa shape index (κ3) is 2.40. The van der Waals surface area contributed by atoms with E-state index in [0.717, 1.165) is 31.3 Å². The van der Waals surface area contributed by atoms with E-state index in [9.17, 15) is 25.2 Å². The first-order valence-corrected chi connectivity index (χ1v) is 11.2. The maximum absolute atomic E-state index is 12.1. The molecule has 2 unspecified atom stereocenters. The number of aliphatic hydroxyl groups is 4. The van der Waals surface area contributed by atoms with Gasteiger partial charge in [-0.2, -0.15) is 0 Å². The highest BCUT2D eigenvalue weighted by Crippen LogP contribution is 2.70. The number of esters is 1. The summed E-state index contributed by atoms with van der Waals surface area (Å²) < 4.78 is 5.17. The van der Waals surface area contributed by atoms with Crippen molar-refractivity contribution in [2.45, 2.75) is 88.6 Å². The summed E-state index contributed by atoms with van der Waals surface area (Å²) >= 11 is 0. The SMILES string of the molecule is C[C@]12C[C@H](O)[C@H](O)C[C@@]1(O)CCC1C2CC[C@]2(C)[C@@H](C3=CC(=O)OC3)CC[C@]12O. The van der Waals surface area contributed by atoms with Crippen LogP contribution >= 0.6 is 0 Å². The van der Waals surface area contributed by atoms with Crippen LogP contribution in [0.25, 0.3) is 0 Å². The molecule has 0 aromatic heterocycles. The van der Waals surface area contributed by atoms with Crippen molar-refractivity contribution < 1.29 is 30.0 Å². The van der Waals surface area contributed by atoms with E-state index in [4.69, 9.17) is 4.74 Å². The van der Waals surface area contributed by atoms with Crippen LogP contribution in [0.5, 0.6) is 0 Å². The van der Waals surface area contributed by atoms with Crippen molar-refractivity contribution in [3.63, 3.8) is 0 Å². The Morgan fingerprint density at radius 1 is 0.931 bits per heavy atom. The molecule has 0 spiro atoms. The van der Waals surface area contributed by atoms with E-state index < -0.39 is 28.8 Å². The minimum Gasteiger partial charge on any atom is -0.458 e. The van der Waals surface area contributed by atoms with E-state index in [1.165, 1.54) is 0 Å². The Morgan fingerprint density at radius 2 is 1.62 bits per heavy atom. The minimum atomic E-state index is -0.997. The zero-order valence-electron chi connectivity index (χ0n) is 17.4. The summed E-state index contributed by atoms with van der Waals surface area (Å²) in [4.78, 5) is 11.6. The van der Waals surface area contributed by atoms with Crippen LogP contribution in [-0.4, -0.2) is 56.4 Å². The molecule has 29 heavy (non-hydrogen) atoms. The molecule has 1 aliphatic heterocycles. The summed E-state index contributed by atoms with van der Waals surface area (Å²) in [6.45, 7) is 4.57. The largest absolute Gasteiger partial charge is 0.458 e. The molecule has 6 nitrogen and oxygen atoms in total. The third-order valence-corrected chi connectivity index (χ3v) is 10.2. The summed E-state index contributed by atoms with van der Waals surface area (Å²) in [6.07, 6.45) is 5.00. The molecule has 0 bridgehead atoms. The van der Waals surface area contributed by atoms with E-state index >= 15 is 0 Å². The van der Waals surface area contributed by atoms with Gasteiger partial charge in [-0.15, -0.1) is 0 Å². The molecular weight excluding hydrogens is 372 g/mol. The van der Waals surface area contributed by atoms with Crippen LogP contribution in [0.3, 0.4) is 0 Å². The number of carbonyl (C=O) groups excluding carboxylic acids is 1. The molecule has 1 heterocycles. The Bertz CT molecular complexity index is 764. The molecule has 4 fully saturated rings. The predicted molar refractivity (Wildman–Crippen MR) is 105 cm³/mol. The van der Waals surface area contributed by atoms with Gasteiger partial charge in [-0.3, -0.25) is 0 Å². The lowest BCUT2D eigenvalue weighted by Crippen LogP contribution is -2.69. The second kappa shape index (κ2) is 6.06. The zero-order valence-corrected chi connectivity index (χ0v) is 17.4. The van der Waals surface area contributed by atoms with Gasteiger partial charge < -0.3 is 25.2 Å². The van der Waals surface area contributed by atoms with Crippen molar-refractivity contribution >= 4 is 5.97 Å². The van der Waals surface area contributed by atoms with Gasteiger partial charge in [0.05, 0.1) is 23.4 Å². The Balaban J connectivity index is 1.50. The van der Waals surface area contributed by atoms with Crippen LogP contribution in [0.15, 0.2) is 11.6 Å². The molecule has 4 saturated carbocycles. The quantitative estimate of drug-likeness (QED) is 0.494. The number of rotatable bonds is 1. The monoisotopic (exact) mass is 406 g/mol. The van der Waals surface area contributed by atoms with Gasteiger partial charge in [-0.1, -0.05) is 13.8 Å². The molecule has 0 aromatic carbocycles. The topological polar surface area (TPSA) is 107 Å². The number of hydrogen-bond acceptors (Lipinski definition) is 6. The molecule has 5 aliphatic rings. The molecule has 5 rings (SSSR count). The normalized spacial score (nSPS) is 56.8. The summed E-state index contributed by atoms with van der Waals surface area (Å²) in [5.41, 5.74) is -1.66. The highest BCUT2D eigenvalue weighted by Gasteiger charge is 2.70. The molecule has 0 radical (unpaired) electrons. The van der Waals surface area contributed by atoms with Crippen molar-refractivity contribution in [3.05, 3.63) is 11.6 Å². The predicted octanol–water partition coefficient (Wildman–Crippen LogP) is 1.69. The molecule has 0 amide bonds. The average molecular weight is 407 g/mol. The van der Waals surface area contributed by atoms with E-state index in [2.05, 4.69) is 13.8 Å². The minimum absolute atomic E-state index is 0.0533. The summed E-state index contributed by atoms with van der Waals surface area (Å²) in [5, 5.41) is 44.3. The first-order valence-electron chi connectivity index (χ1n) is 11.2. The molecule has 162 valence electrons. The average Bonchev–Trinajstić information content (AvgIpc) is 3.18. The number of carbonyl (C=O) groups is 1. The van der Waals surface area contributed by atoms with Crippen molar-refractivity contribution in [3.8, 4) is 0 Å². The van der Waals surface area contributed by atoms with Crippen LogP contribution in [-0.2, 0) is 9.53 Å². The summed E-state index contributed by atoms with van der Waals surface area (Å²) in [7, 11) is 0. The lowest BCUT2D eigenvalue weighted by molar-refractivity contribution is -0.268. The maximum atomic E-state index is 12.1. The highest BCUT2D eigenvalue weighted by atomic mass is 16.5. The number of hydrogen-bond donors (Lipinski definition) is 4. The summed E-state index contributed by atoms with van der Waals surface area (Å²) in [6, 6.07) is 0. The molecule has 4 aliphatic carbocycles. The van der Waals surface area contributed by atoms with Crippen LogP contribution in [0, 0.1) is 28.6 Å². The van der Waals surface area contributed by atoms with Gasteiger partial charge in [-0.05, 0) is 68.3 Å². The third-order valence-electron chi connectivity index (χ3n) is 10.2. The molecular formula is C23H34O6. The fourth-order valence-electron chi connectivity index (χ4n) is 8.40. The fourth-order valence-corrected chi connectivity index (χ4v) is 8.40. The Hall–Kier alpha value is -0.950. The van der Waals surface area contributed by atoms with Gasteiger partial charge in [0.2, 0.25) is 0 Å². The molecule has 9 atom stereocenters. The fraction of sp³-hybridized carbons (Fsp3) is 0.870. The second-order valence-electron chi connectivity index (χ2n) is 11.0. The Morgan fingerprint density at radius 3 is 2.31 bits per heavy atom. The lowest BCUT2D eigenvalue weighted by Gasteiger charge is -2.66. The number of cyclic esters (lactones) is 1. The smallest absolute Gasteiger partial charge is 0.331 e. The van der Waals surface area contributed by atoms with Crippen LogP contribution < -0.4 is 0 Å². The first kappa shape index (κ1) is 20.0. The standard InChI is InChI=1S/C23H34O6/c1-20-6-3-15-16(4-7-22(27)11-18(25)17(24)10-21(15,22)2)23(20,28)8-5-14(20)13-9-19(26)29-12-13/h9,14-18,24-25,27-28H,3-8,10-12H2,1-2H3/t14-,15?,16?,17+,18-,20-,21-,22+,23+/m1/s1. The van der Waals surface area contributed by atoms with Gasteiger partial charge in [0, 0.05) is 23.3 Å². The van der Waals surface area contributed by atoms with Crippen LogP contribution in [0.2, 0.25) is 0 Å². The van der Waals surface area contributed by atoms with Gasteiger partial charge in [0.25, 0.3) is 0 Å². The van der Waals surface area contributed by atoms with E-state index in [1.807, 2.05) is 0 Å². The zero-order chi connectivity index (χ0) is 20.8. The van der Waals surface area contributed by atoms with Gasteiger partial charge in [0.15, 0.2) is 0 Å². The van der Waals surface area contributed by atoms with Crippen molar-refractivity contribution in [1.82, 2.24) is 0 Å². The van der Waals surface area contributed by atoms with Crippen molar-refractivity contribution in [2.24, 2.45) is 28.6 Å². The van der Waals surface area contributed by atoms with E-state index in [1.54, 1.807) is 6.08 Å². The van der Waals surface area contributed by atoms with Crippen LogP contribution in [0.1, 0.15) is 65.2 Å². The van der Waals surface area contributed by atoms with E-state index in [0.29, 0.717) is 25.9 Å². The number of ether oxygens (including phenoxy) is 1. The van der Waals surface area contributed by atoms with Crippen molar-refractivity contribution in [2.75, 3.05) is 6.61 Å². The van der Waals surface area contributed by atoms with Gasteiger partial charge in [-0.25, -0.2) is 4.79 Å². The van der Waals surface area contributed by atoms with E-state index in [-0.39, 0.29) is 35.6 Å². The second-order valence-corrected chi connectivity index (χ2v) is 11.0.